The molecule has 2 fully saturated rings. The van der Waals surface area contributed by atoms with Crippen molar-refractivity contribution in [2.45, 2.75) is 162 Å². The smallest absolute Gasteiger partial charge is 0.312 e. The molecule has 6 atom stereocenters. The Morgan fingerprint density at radius 3 is 1.64 bits per heavy atom. The predicted octanol–water partition coefficient (Wildman–Crippen LogP) is 10.1. The van der Waals surface area contributed by atoms with Crippen LogP contribution in [0.3, 0.4) is 0 Å². The Labute approximate surface area is 318 Å². The molecule has 0 N–H and O–H groups in total. The summed E-state index contributed by atoms with van der Waals surface area (Å²) in [6, 6.07) is 9.03. The highest BCUT2D eigenvalue weighted by Crippen LogP contribution is 2.59. The molecule has 0 heterocycles. The van der Waals surface area contributed by atoms with Crippen molar-refractivity contribution < 1.29 is 28.7 Å². The van der Waals surface area contributed by atoms with E-state index in [0.29, 0.717) is 18.8 Å². The Kier molecular flexibility index (Phi) is 11.0. The zero-order valence-corrected chi connectivity index (χ0v) is 34.0. The van der Waals surface area contributed by atoms with E-state index >= 15 is 0 Å². The number of aldehydes is 1. The van der Waals surface area contributed by atoms with Crippen molar-refractivity contribution >= 4 is 24.0 Å². The number of esters is 2. The number of hydrogen-bond donors (Lipinski definition) is 0. The molecule has 288 valence electrons. The van der Waals surface area contributed by atoms with Crippen LogP contribution in [0, 0.1) is 22.7 Å². The molecule has 2 aromatic rings. The zero-order chi connectivity index (χ0) is 38.5. The normalized spacial score (nSPS) is 30.5. The lowest BCUT2D eigenvalue weighted by Crippen LogP contribution is -2.53. The van der Waals surface area contributed by atoms with Crippen LogP contribution in [0.25, 0.3) is 0 Å². The zero-order valence-electron chi connectivity index (χ0n) is 34.0. The molecule has 0 amide bonds. The average molecular weight is 725 g/mol. The number of Topliss-reactive ketones (excluding diaryl/α,β-unsaturated/α-hetero) is 1. The van der Waals surface area contributed by atoms with Crippen LogP contribution >= 0.6 is 0 Å². The number of carbonyl (C=O) groups excluding carboxylic acids is 4. The van der Waals surface area contributed by atoms with Gasteiger partial charge in [-0.15, -0.1) is 0 Å². The maximum Gasteiger partial charge on any atom is 0.312 e. The van der Waals surface area contributed by atoms with E-state index in [2.05, 4.69) is 79.7 Å². The number of benzene rings is 2. The summed E-state index contributed by atoms with van der Waals surface area (Å²) in [5.74, 6) is 0.701. The van der Waals surface area contributed by atoms with Gasteiger partial charge in [0.15, 0.2) is 5.78 Å². The molecule has 0 aromatic heterocycles. The molecule has 0 aliphatic heterocycles. The van der Waals surface area contributed by atoms with Crippen LogP contribution in [0.15, 0.2) is 24.3 Å². The molecule has 0 radical (unpaired) electrons. The molecule has 4 aliphatic rings. The summed E-state index contributed by atoms with van der Waals surface area (Å²) in [6.07, 6.45) is 11.0. The number of carbonyl (C=O) groups is 4. The second-order valence-corrected chi connectivity index (χ2v) is 18.7. The largest absolute Gasteiger partial charge is 0.465 e. The van der Waals surface area contributed by atoms with Crippen molar-refractivity contribution in [3.05, 3.63) is 68.8 Å². The fourth-order valence-electron chi connectivity index (χ4n) is 11.9. The highest BCUT2D eigenvalue weighted by Gasteiger charge is 2.57. The summed E-state index contributed by atoms with van der Waals surface area (Å²) in [5.41, 5.74) is 7.98. The van der Waals surface area contributed by atoms with Crippen LogP contribution in [0.2, 0.25) is 0 Å². The van der Waals surface area contributed by atoms with Gasteiger partial charge in [0.1, 0.15) is 6.29 Å². The fourth-order valence-corrected chi connectivity index (χ4v) is 11.9. The van der Waals surface area contributed by atoms with E-state index < -0.39 is 10.8 Å². The maximum atomic E-state index is 14.0. The lowest BCUT2D eigenvalue weighted by atomic mass is 9.49. The molecule has 0 saturated heterocycles. The Bertz CT molecular complexity index is 1770. The summed E-state index contributed by atoms with van der Waals surface area (Å²) in [6.45, 7) is 19.6. The minimum absolute atomic E-state index is 0.0985. The average Bonchev–Trinajstić information content (AvgIpc) is 3.10. The summed E-state index contributed by atoms with van der Waals surface area (Å²) in [7, 11) is 0. The Morgan fingerprint density at radius 1 is 0.717 bits per heavy atom. The van der Waals surface area contributed by atoms with Gasteiger partial charge in [0, 0.05) is 18.4 Å². The highest BCUT2D eigenvalue weighted by molar-refractivity contribution is 5.96. The standard InChI is InChI=1S/C47H64O6/c1-29(2)35-25-33-13-15-40-44(6,38(33)27-32(35)17-22-48)18-10-20-46(40,8)42(50)52-23-12-24-53-43(51)47(9)21-11-19-45(7)39-28-37(31(5)49)36(30(3)4)26-34(39)14-16-41(45)47/h22,25-30,40-41H,10-21,23-24H2,1-9H3. The van der Waals surface area contributed by atoms with Crippen molar-refractivity contribution in [1.29, 1.82) is 0 Å². The highest BCUT2D eigenvalue weighted by atomic mass is 16.5. The van der Waals surface area contributed by atoms with Crippen molar-refractivity contribution in [2.24, 2.45) is 22.7 Å². The van der Waals surface area contributed by atoms with Gasteiger partial charge in [-0.25, -0.2) is 0 Å². The fraction of sp³-hybridized carbons (Fsp3) is 0.660. The van der Waals surface area contributed by atoms with Gasteiger partial charge in [-0.2, -0.15) is 0 Å². The van der Waals surface area contributed by atoms with Gasteiger partial charge in [0.05, 0.1) is 24.0 Å². The van der Waals surface area contributed by atoms with Crippen LogP contribution in [0.4, 0.5) is 0 Å². The van der Waals surface area contributed by atoms with Gasteiger partial charge in [0.2, 0.25) is 0 Å². The summed E-state index contributed by atoms with van der Waals surface area (Å²) in [5, 5.41) is 0. The van der Waals surface area contributed by atoms with Crippen LogP contribution in [-0.2, 0) is 53.9 Å². The van der Waals surface area contributed by atoms with Crippen LogP contribution in [-0.4, -0.2) is 37.2 Å². The van der Waals surface area contributed by atoms with E-state index in [0.717, 1.165) is 87.2 Å². The third-order valence-corrected chi connectivity index (χ3v) is 14.8. The Morgan fingerprint density at radius 2 is 1.19 bits per heavy atom. The maximum absolute atomic E-state index is 14.0. The summed E-state index contributed by atoms with van der Waals surface area (Å²) < 4.78 is 12.0. The third kappa shape index (κ3) is 6.73. The lowest BCUT2D eigenvalue weighted by Gasteiger charge is -2.54. The van der Waals surface area contributed by atoms with Crippen LogP contribution in [0.1, 0.15) is 181 Å². The van der Waals surface area contributed by atoms with Crippen molar-refractivity contribution in [2.75, 3.05) is 13.2 Å². The van der Waals surface area contributed by atoms with Gasteiger partial charge < -0.3 is 14.3 Å². The first-order valence-electron chi connectivity index (χ1n) is 20.6. The first kappa shape index (κ1) is 39.4. The van der Waals surface area contributed by atoms with Gasteiger partial charge >= 0.3 is 11.9 Å². The number of aryl methyl sites for hydroxylation is 2. The van der Waals surface area contributed by atoms with E-state index in [1.165, 1.54) is 27.8 Å². The third-order valence-electron chi connectivity index (χ3n) is 14.8. The number of fused-ring (bicyclic) bond motifs is 6. The Hall–Kier alpha value is -3.28. The quantitative estimate of drug-likeness (QED) is 0.0993. The van der Waals surface area contributed by atoms with E-state index in [1.54, 1.807) is 6.92 Å². The molecular weight excluding hydrogens is 661 g/mol. The van der Waals surface area contributed by atoms with Crippen molar-refractivity contribution in [1.82, 2.24) is 0 Å². The molecule has 6 unspecified atom stereocenters. The predicted molar refractivity (Wildman–Crippen MR) is 210 cm³/mol. The number of hydrogen-bond acceptors (Lipinski definition) is 6. The van der Waals surface area contributed by atoms with E-state index in [-0.39, 0.29) is 59.5 Å². The molecule has 6 heteroatoms. The molecule has 6 nitrogen and oxygen atoms in total. The first-order chi connectivity index (χ1) is 25.0. The minimum atomic E-state index is -0.618. The number of ether oxygens (including phenoxy) is 2. The topological polar surface area (TPSA) is 86.7 Å². The van der Waals surface area contributed by atoms with E-state index in [9.17, 15) is 19.2 Å². The molecule has 4 aliphatic carbocycles. The van der Waals surface area contributed by atoms with Crippen molar-refractivity contribution in [3.8, 4) is 0 Å². The number of rotatable bonds is 11. The first-order valence-corrected chi connectivity index (χ1v) is 20.6. The Balaban J connectivity index is 1.09. The van der Waals surface area contributed by atoms with E-state index in [1.807, 2.05) is 0 Å². The van der Waals surface area contributed by atoms with Crippen LogP contribution < -0.4 is 0 Å². The summed E-state index contributed by atoms with van der Waals surface area (Å²) >= 11 is 0. The molecule has 2 aromatic carbocycles. The lowest BCUT2D eigenvalue weighted by molar-refractivity contribution is -0.167. The van der Waals surface area contributed by atoms with E-state index in [4.69, 9.17) is 9.47 Å². The molecule has 2 saturated carbocycles. The molecule has 6 rings (SSSR count). The van der Waals surface area contributed by atoms with Crippen LogP contribution in [0.5, 0.6) is 0 Å². The number of ketones is 1. The summed E-state index contributed by atoms with van der Waals surface area (Å²) in [4.78, 5) is 52.3. The second kappa shape index (κ2) is 14.8. The minimum Gasteiger partial charge on any atom is -0.465 e. The molecule has 0 bridgehead atoms. The molecular formula is C47H64O6. The van der Waals surface area contributed by atoms with Gasteiger partial charge in [-0.1, -0.05) is 72.6 Å². The van der Waals surface area contributed by atoms with Gasteiger partial charge in [-0.3, -0.25) is 14.4 Å². The van der Waals surface area contributed by atoms with Crippen molar-refractivity contribution in [3.63, 3.8) is 0 Å². The van der Waals surface area contributed by atoms with Gasteiger partial charge in [-0.05, 0) is 152 Å². The monoisotopic (exact) mass is 724 g/mol. The van der Waals surface area contributed by atoms with Gasteiger partial charge in [0.25, 0.3) is 0 Å². The SMILES string of the molecule is CC(=O)c1cc2c(cc1C(C)C)CCC1C(C)(C(=O)OCCCOC(=O)C3(C)CCCC4(C)c5cc(CC=O)c(C(C)C)cc5CCC34)CCCC21C. The molecule has 53 heavy (non-hydrogen) atoms. The molecule has 0 spiro atoms. The second-order valence-electron chi connectivity index (χ2n) is 18.7.